The van der Waals surface area contributed by atoms with Crippen LogP contribution >= 0.6 is 11.6 Å². The van der Waals surface area contributed by atoms with Gasteiger partial charge in [0.05, 0.1) is 7.11 Å². The number of methoxy groups -OCH3 is 1. The Bertz CT molecular complexity index is 389. The van der Waals surface area contributed by atoms with Crippen molar-refractivity contribution in [1.29, 1.82) is 0 Å². The molecule has 4 nitrogen and oxygen atoms in total. The molecular weight excluding hydrogens is 230 g/mol. The third-order valence-electron chi connectivity index (χ3n) is 2.01. The summed E-state index contributed by atoms with van der Waals surface area (Å²) >= 11 is 5.69. The van der Waals surface area contributed by atoms with Gasteiger partial charge in [-0.25, -0.2) is 4.79 Å². The van der Waals surface area contributed by atoms with Crippen LogP contribution in [0.2, 0.25) is 5.02 Å². The van der Waals surface area contributed by atoms with Crippen molar-refractivity contribution in [3.05, 3.63) is 34.9 Å². The van der Waals surface area contributed by atoms with Crippen LogP contribution in [-0.2, 0) is 9.53 Å². The van der Waals surface area contributed by atoms with Crippen LogP contribution in [0.15, 0.2) is 24.3 Å². The van der Waals surface area contributed by atoms with Gasteiger partial charge in [-0.1, -0.05) is 11.6 Å². The maximum absolute atomic E-state index is 11.6. The second-order valence-corrected chi connectivity index (χ2v) is 3.66. The number of ether oxygens (including phenoxy) is 1. The second-order valence-electron chi connectivity index (χ2n) is 3.23. The van der Waals surface area contributed by atoms with Gasteiger partial charge >= 0.3 is 5.97 Å². The van der Waals surface area contributed by atoms with E-state index in [9.17, 15) is 9.59 Å². The third kappa shape index (κ3) is 3.24. The predicted octanol–water partition coefficient (Wildman–Crippen LogP) is 1.63. The molecule has 0 bridgehead atoms. The molecule has 1 aromatic carbocycles. The fourth-order valence-electron chi connectivity index (χ4n) is 1.12. The van der Waals surface area contributed by atoms with Gasteiger partial charge in [-0.05, 0) is 31.2 Å². The minimum Gasteiger partial charge on any atom is -0.467 e. The van der Waals surface area contributed by atoms with E-state index in [-0.39, 0.29) is 5.91 Å². The van der Waals surface area contributed by atoms with E-state index in [0.29, 0.717) is 10.6 Å². The molecule has 1 atom stereocenters. The number of carbonyl (C=O) groups is 2. The van der Waals surface area contributed by atoms with E-state index >= 15 is 0 Å². The molecule has 0 aliphatic carbocycles. The summed E-state index contributed by atoms with van der Waals surface area (Å²) in [6.45, 7) is 1.56. The number of benzene rings is 1. The van der Waals surface area contributed by atoms with Crippen molar-refractivity contribution in [2.45, 2.75) is 13.0 Å². The highest BCUT2D eigenvalue weighted by atomic mass is 35.5. The Morgan fingerprint density at radius 3 is 2.38 bits per heavy atom. The summed E-state index contributed by atoms with van der Waals surface area (Å²) in [5.74, 6) is -0.822. The van der Waals surface area contributed by atoms with Crippen molar-refractivity contribution < 1.29 is 14.3 Å². The van der Waals surface area contributed by atoms with Gasteiger partial charge in [-0.3, -0.25) is 4.79 Å². The van der Waals surface area contributed by atoms with E-state index in [1.54, 1.807) is 31.2 Å². The number of carbonyl (C=O) groups excluding carboxylic acids is 2. The highest BCUT2D eigenvalue weighted by Crippen LogP contribution is 2.09. The summed E-state index contributed by atoms with van der Waals surface area (Å²) in [4.78, 5) is 22.7. The Labute approximate surface area is 98.5 Å². The Balaban J connectivity index is 2.65. The van der Waals surface area contributed by atoms with Crippen molar-refractivity contribution in [3.8, 4) is 0 Å². The lowest BCUT2D eigenvalue weighted by molar-refractivity contribution is -0.142. The summed E-state index contributed by atoms with van der Waals surface area (Å²) in [6.07, 6.45) is 0. The number of hydrogen-bond donors (Lipinski definition) is 1. The van der Waals surface area contributed by atoms with E-state index < -0.39 is 12.0 Å². The smallest absolute Gasteiger partial charge is 0.328 e. The van der Waals surface area contributed by atoms with Crippen LogP contribution in [0.25, 0.3) is 0 Å². The highest BCUT2D eigenvalue weighted by Gasteiger charge is 2.16. The van der Waals surface area contributed by atoms with Crippen LogP contribution in [0, 0.1) is 0 Å². The quantitative estimate of drug-likeness (QED) is 0.819. The molecule has 0 aromatic heterocycles. The van der Waals surface area contributed by atoms with Gasteiger partial charge in [-0.15, -0.1) is 0 Å². The van der Waals surface area contributed by atoms with Crippen molar-refractivity contribution in [2.24, 2.45) is 0 Å². The maximum Gasteiger partial charge on any atom is 0.328 e. The van der Waals surface area contributed by atoms with Crippen LogP contribution in [0.5, 0.6) is 0 Å². The Kier molecular flexibility index (Phi) is 4.31. The Morgan fingerprint density at radius 1 is 1.31 bits per heavy atom. The van der Waals surface area contributed by atoms with Crippen LogP contribution in [0.3, 0.4) is 0 Å². The zero-order chi connectivity index (χ0) is 12.1. The number of amides is 1. The Morgan fingerprint density at radius 2 is 1.88 bits per heavy atom. The number of nitrogens with one attached hydrogen (secondary N) is 1. The molecule has 0 saturated heterocycles. The van der Waals surface area contributed by atoms with E-state index in [0.717, 1.165) is 0 Å². The molecule has 5 heteroatoms. The van der Waals surface area contributed by atoms with Gasteiger partial charge in [0.2, 0.25) is 0 Å². The fraction of sp³-hybridized carbons (Fsp3) is 0.273. The van der Waals surface area contributed by atoms with Gasteiger partial charge in [0.25, 0.3) is 5.91 Å². The summed E-state index contributed by atoms with van der Waals surface area (Å²) in [5.41, 5.74) is 0.445. The second kappa shape index (κ2) is 5.51. The molecule has 1 aromatic rings. The topological polar surface area (TPSA) is 55.4 Å². The van der Waals surface area contributed by atoms with Gasteiger partial charge in [-0.2, -0.15) is 0 Å². The lowest BCUT2D eigenvalue weighted by Crippen LogP contribution is -2.39. The van der Waals surface area contributed by atoms with E-state index in [2.05, 4.69) is 10.1 Å². The Hall–Kier alpha value is -1.55. The van der Waals surface area contributed by atoms with Crippen molar-refractivity contribution >= 4 is 23.5 Å². The van der Waals surface area contributed by atoms with Gasteiger partial charge in [0.15, 0.2) is 0 Å². The first-order chi connectivity index (χ1) is 7.54. The average molecular weight is 242 g/mol. The SMILES string of the molecule is COC(=O)[C@H](C)NC(=O)c1ccc(Cl)cc1. The molecule has 1 amide bonds. The van der Waals surface area contributed by atoms with E-state index in [1.807, 2.05) is 0 Å². The van der Waals surface area contributed by atoms with Gasteiger partial charge in [0.1, 0.15) is 6.04 Å². The monoisotopic (exact) mass is 241 g/mol. The summed E-state index contributed by atoms with van der Waals surface area (Å²) < 4.78 is 4.49. The van der Waals surface area contributed by atoms with Gasteiger partial charge in [0, 0.05) is 10.6 Å². The number of hydrogen-bond acceptors (Lipinski definition) is 3. The minimum absolute atomic E-state index is 0.338. The normalized spacial score (nSPS) is 11.7. The molecular formula is C11H12ClNO3. The lowest BCUT2D eigenvalue weighted by atomic mass is 10.2. The van der Waals surface area contributed by atoms with E-state index in [1.165, 1.54) is 7.11 Å². The predicted molar refractivity (Wildman–Crippen MR) is 60.4 cm³/mol. The third-order valence-corrected chi connectivity index (χ3v) is 2.26. The first kappa shape index (κ1) is 12.5. The zero-order valence-corrected chi connectivity index (χ0v) is 9.75. The van der Waals surface area contributed by atoms with Crippen LogP contribution in [0.4, 0.5) is 0 Å². The van der Waals surface area contributed by atoms with Gasteiger partial charge < -0.3 is 10.1 Å². The molecule has 1 N–H and O–H groups in total. The standard InChI is InChI=1S/C11H12ClNO3/c1-7(11(15)16-2)13-10(14)8-3-5-9(12)6-4-8/h3-7H,1-2H3,(H,13,14)/t7-/m0/s1. The molecule has 0 spiro atoms. The molecule has 0 aliphatic heterocycles. The molecule has 1 rings (SSSR count). The van der Waals surface area contributed by atoms with E-state index in [4.69, 9.17) is 11.6 Å². The largest absolute Gasteiger partial charge is 0.467 e. The molecule has 0 heterocycles. The highest BCUT2D eigenvalue weighted by molar-refractivity contribution is 6.30. The zero-order valence-electron chi connectivity index (χ0n) is 8.99. The maximum atomic E-state index is 11.6. The van der Waals surface area contributed by atoms with Crippen LogP contribution < -0.4 is 5.32 Å². The summed E-state index contributed by atoms with van der Waals surface area (Å²) in [6, 6.07) is 5.72. The van der Waals surface area contributed by atoms with Crippen molar-refractivity contribution in [3.63, 3.8) is 0 Å². The minimum atomic E-state index is -0.673. The molecule has 16 heavy (non-hydrogen) atoms. The van der Waals surface area contributed by atoms with Crippen molar-refractivity contribution in [2.75, 3.05) is 7.11 Å². The summed E-state index contributed by atoms with van der Waals surface area (Å²) in [7, 11) is 1.27. The first-order valence-corrected chi connectivity index (χ1v) is 5.06. The molecule has 86 valence electrons. The number of halogens is 1. The summed E-state index contributed by atoms with van der Waals surface area (Å²) in [5, 5.41) is 3.06. The molecule has 0 unspecified atom stereocenters. The first-order valence-electron chi connectivity index (χ1n) is 4.69. The fourth-order valence-corrected chi connectivity index (χ4v) is 1.24. The molecule has 0 aliphatic rings. The lowest BCUT2D eigenvalue weighted by Gasteiger charge is -2.11. The van der Waals surface area contributed by atoms with Crippen molar-refractivity contribution in [1.82, 2.24) is 5.32 Å². The molecule has 0 fully saturated rings. The number of esters is 1. The number of rotatable bonds is 3. The molecule has 0 radical (unpaired) electrons. The van der Waals surface area contributed by atoms with Crippen LogP contribution in [-0.4, -0.2) is 25.0 Å². The van der Waals surface area contributed by atoms with Crippen LogP contribution in [0.1, 0.15) is 17.3 Å². The molecule has 0 saturated carbocycles. The average Bonchev–Trinajstić information content (AvgIpc) is 2.28.